The van der Waals surface area contributed by atoms with Crippen molar-refractivity contribution < 1.29 is 4.79 Å². The van der Waals surface area contributed by atoms with E-state index in [0.717, 1.165) is 43.1 Å². The molecule has 0 saturated carbocycles. The molecule has 0 aliphatic carbocycles. The van der Waals surface area contributed by atoms with Crippen LogP contribution in [0.1, 0.15) is 39.3 Å². The largest absolute Gasteiger partial charge is 0.342 e. The molecule has 1 amide bonds. The summed E-state index contributed by atoms with van der Waals surface area (Å²) in [5.41, 5.74) is 1.80. The lowest BCUT2D eigenvalue weighted by molar-refractivity contribution is -0.132. The molecule has 0 radical (unpaired) electrons. The van der Waals surface area contributed by atoms with E-state index in [2.05, 4.69) is 35.7 Å². The zero-order valence-corrected chi connectivity index (χ0v) is 15.6. The van der Waals surface area contributed by atoms with E-state index in [1.807, 2.05) is 28.9 Å². The number of imidazole rings is 1. The minimum atomic E-state index is 0.0431. The molecule has 25 heavy (non-hydrogen) atoms. The molecule has 134 valence electrons. The van der Waals surface area contributed by atoms with E-state index in [0.29, 0.717) is 12.3 Å². The van der Waals surface area contributed by atoms with Gasteiger partial charge < -0.3 is 9.47 Å². The minimum absolute atomic E-state index is 0.0431. The Kier molecular flexibility index (Phi) is 4.88. The molecule has 0 N–H and O–H groups in total. The molecule has 1 atom stereocenters. The first kappa shape index (κ1) is 17.6. The van der Waals surface area contributed by atoms with Crippen molar-refractivity contribution in [2.75, 3.05) is 13.1 Å². The number of aromatic nitrogens is 4. The molecule has 1 aliphatic heterocycles. The van der Waals surface area contributed by atoms with Gasteiger partial charge in [-0.05, 0) is 24.2 Å². The predicted molar refractivity (Wildman–Crippen MR) is 96.7 cm³/mol. The molecule has 0 aromatic carbocycles. The number of nitrogens with zero attached hydrogens (tertiary/aromatic N) is 5. The van der Waals surface area contributed by atoms with Crippen LogP contribution in [0.25, 0.3) is 11.5 Å². The second-order valence-corrected chi connectivity index (χ2v) is 8.19. The summed E-state index contributed by atoms with van der Waals surface area (Å²) in [6, 6.07) is 0. The second kappa shape index (κ2) is 6.94. The lowest BCUT2D eigenvalue weighted by Gasteiger charge is -2.23. The smallest absolute Gasteiger partial charge is 0.223 e. The van der Waals surface area contributed by atoms with Crippen LogP contribution >= 0.6 is 0 Å². The van der Waals surface area contributed by atoms with E-state index in [4.69, 9.17) is 0 Å². The first-order valence-corrected chi connectivity index (χ1v) is 8.88. The summed E-state index contributed by atoms with van der Waals surface area (Å²) in [6.07, 6.45) is 9.79. The van der Waals surface area contributed by atoms with Crippen molar-refractivity contribution >= 4 is 5.91 Å². The van der Waals surface area contributed by atoms with Gasteiger partial charge in [0.05, 0.1) is 11.9 Å². The minimum Gasteiger partial charge on any atom is -0.342 e. The topological polar surface area (TPSA) is 63.9 Å². The SMILES string of the molecule is Cn1ccnc1-c1cnc(CC2CCN(C(=O)CC(C)(C)C)C2)cn1. The van der Waals surface area contributed by atoms with Gasteiger partial charge >= 0.3 is 0 Å². The molecule has 1 aliphatic rings. The highest BCUT2D eigenvalue weighted by Crippen LogP contribution is 2.25. The predicted octanol–water partition coefficient (Wildman–Crippen LogP) is 2.70. The average molecular weight is 341 g/mol. The molecule has 2 aromatic rings. The first-order chi connectivity index (χ1) is 11.8. The van der Waals surface area contributed by atoms with Gasteiger partial charge in [-0.1, -0.05) is 20.8 Å². The van der Waals surface area contributed by atoms with Crippen molar-refractivity contribution in [1.82, 2.24) is 24.4 Å². The van der Waals surface area contributed by atoms with Crippen molar-refractivity contribution in [1.29, 1.82) is 0 Å². The van der Waals surface area contributed by atoms with E-state index in [-0.39, 0.29) is 11.3 Å². The number of hydrogen-bond acceptors (Lipinski definition) is 4. The number of carbonyl (C=O) groups excluding carboxylic acids is 1. The first-order valence-electron chi connectivity index (χ1n) is 8.88. The van der Waals surface area contributed by atoms with Crippen molar-refractivity contribution in [3.8, 4) is 11.5 Å². The highest BCUT2D eigenvalue weighted by molar-refractivity contribution is 5.77. The van der Waals surface area contributed by atoms with E-state index < -0.39 is 0 Å². The number of likely N-dealkylation sites (tertiary alicyclic amines) is 1. The molecule has 1 fully saturated rings. The van der Waals surface area contributed by atoms with Gasteiger partial charge in [0.25, 0.3) is 0 Å². The fourth-order valence-electron chi connectivity index (χ4n) is 3.28. The van der Waals surface area contributed by atoms with Crippen LogP contribution in [-0.4, -0.2) is 43.4 Å². The number of aryl methyl sites for hydroxylation is 1. The van der Waals surface area contributed by atoms with Crippen LogP contribution in [0, 0.1) is 11.3 Å². The summed E-state index contributed by atoms with van der Waals surface area (Å²) in [4.78, 5) is 27.7. The van der Waals surface area contributed by atoms with Gasteiger partial charge in [0.1, 0.15) is 5.69 Å². The van der Waals surface area contributed by atoms with Crippen LogP contribution in [0.15, 0.2) is 24.8 Å². The molecule has 0 bridgehead atoms. The molecule has 2 aromatic heterocycles. The molecular formula is C19H27N5O. The summed E-state index contributed by atoms with van der Waals surface area (Å²) >= 11 is 0. The Morgan fingerprint density at radius 2 is 2.04 bits per heavy atom. The van der Waals surface area contributed by atoms with Crippen molar-refractivity contribution in [2.24, 2.45) is 18.4 Å². The zero-order valence-electron chi connectivity index (χ0n) is 15.6. The molecule has 1 unspecified atom stereocenters. The fraction of sp³-hybridized carbons (Fsp3) is 0.579. The summed E-state index contributed by atoms with van der Waals surface area (Å²) in [5, 5.41) is 0. The summed E-state index contributed by atoms with van der Waals surface area (Å²) in [5.74, 6) is 1.56. The highest BCUT2D eigenvalue weighted by atomic mass is 16.2. The maximum Gasteiger partial charge on any atom is 0.223 e. The van der Waals surface area contributed by atoms with Gasteiger partial charge in [-0.3, -0.25) is 9.78 Å². The van der Waals surface area contributed by atoms with Gasteiger partial charge in [0, 0.05) is 45.1 Å². The number of rotatable bonds is 4. The molecule has 1 saturated heterocycles. The van der Waals surface area contributed by atoms with Crippen LogP contribution in [0.3, 0.4) is 0 Å². The monoisotopic (exact) mass is 341 g/mol. The highest BCUT2D eigenvalue weighted by Gasteiger charge is 2.28. The summed E-state index contributed by atoms with van der Waals surface area (Å²) in [7, 11) is 1.94. The quantitative estimate of drug-likeness (QED) is 0.858. The molecule has 3 rings (SSSR count). The molecule has 0 spiro atoms. The van der Waals surface area contributed by atoms with Gasteiger partial charge in [0.2, 0.25) is 5.91 Å². The molecule has 6 heteroatoms. The van der Waals surface area contributed by atoms with Gasteiger partial charge in [-0.15, -0.1) is 0 Å². The van der Waals surface area contributed by atoms with Gasteiger partial charge in [-0.2, -0.15) is 0 Å². The Labute approximate surface area is 149 Å². The maximum atomic E-state index is 12.4. The Morgan fingerprint density at radius 3 is 2.64 bits per heavy atom. The zero-order chi connectivity index (χ0) is 18.0. The maximum absolute atomic E-state index is 12.4. The van der Waals surface area contributed by atoms with Crippen LogP contribution in [0.5, 0.6) is 0 Å². The Bertz CT molecular complexity index is 729. The van der Waals surface area contributed by atoms with Gasteiger partial charge in [-0.25, -0.2) is 9.97 Å². The average Bonchev–Trinajstić information content (AvgIpc) is 3.16. The molecular weight excluding hydrogens is 314 g/mol. The van der Waals surface area contributed by atoms with Crippen molar-refractivity contribution in [3.63, 3.8) is 0 Å². The third-order valence-electron chi connectivity index (χ3n) is 4.57. The Hall–Kier alpha value is -2.24. The van der Waals surface area contributed by atoms with E-state index in [1.54, 1.807) is 12.4 Å². The third kappa shape index (κ3) is 4.44. The van der Waals surface area contributed by atoms with E-state index in [9.17, 15) is 4.79 Å². The number of carbonyl (C=O) groups is 1. The van der Waals surface area contributed by atoms with Crippen molar-refractivity contribution in [2.45, 2.75) is 40.0 Å². The summed E-state index contributed by atoms with van der Waals surface area (Å²) in [6.45, 7) is 8.02. The van der Waals surface area contributed by atoms with Crippen molar-refractivity contribution in [3.05, 3.63) is 30.5 Å². The Balaban J connectivity index is 1.57. The normalized spacial score (nSPS) is 17.9. The molecule has 6 nitrogen and oxygen atoms in total. The number of hydrogen-bond donors (Lipinski definition) is 0. The second-order valence-electron chi connectivity index (χ2n) is 8.19. The van der Waals surface area contributed by atoms with Crippen LogP contribution in [-0.2, 0) is 18.3 Å². The fourth-order valence-corrected chi connectivity index (χ4v) is 3.28. The standard InChI is InChI=1S/C19H27N5O/c1-19(2,3)10-17(25)24-7-5-14(13-24)9-15-11-22-16(12-21-15)18-20-6-8-23(18)4/h6,8,11-12,14H,5,7,9-10,13H2,1-4H3. The van der Waals surface area contributed by atoms with E-state index in [1.165, 1.54) is 0 Å². The third-order valence-corrected chi connectivity index (χ3v) is 4.57. The van der Waals surface area contributed by atoms with Crippen LogP contribution in [0.4, 0.5) is 0 Å². The molecule has 3 heterocycles. The van der Waals surface area contributed by atoms with E-state index >= 15 is 0 Å². The van der Waals surface area contributed by atoms with Crippen LogP contribution < -0.4 is 0 Å². The summed E-state index contributed by atoms with van der Waals surface area (Å²) < 4.78 is 1.93. The van der Waals surface area contributed by atoms with Crippen LogP contribution in [0.2, 0.25) is 0 Å². The lowest BCUT2D eigenvalue weighted by Crippen LogP contribution is -2.31. The number of amides is 1. The van der Waals surface area contributed by atoms with Gasteiger partial charge in [0.15, 0.2) is 5.82 Å². The lowest BCUT2D eigenvalue weighted by atomic mass is 9.91. The Morgan fingerprint density at radius 1 is 1.24 bits per heavy atom.